The number of carboxylic acids is 2. The van der Waals surface area contributed by atoms with Gasteiger partial charge in [0.25, 0.3) is 0 Å². The summed E-state index contributed by atoms with van der Waals surface area (Å²) in [4.78, 5) is 30.7. The summed E-state index contributed by atoms with van der Waals surface area (Å²) in [7, 11) is 0. The zero-order valence-electron chi connectivity index (χ0n) is 21.3. The Morgan fingerprint density at radius 3 is 1.36 bits per heavy atom. The van der Waals surface area contributed by atoms with Gasteiger partial charge in [0.1, 0.15) is 8.64 Å². The number of thiocarbonyl (C=S) groups is 2. The van der Waals surface area contributed by atoms with Crippen molar-refractivity contribution in [3.8, 4) is 0 Å². The van der Waals surface area contributed by atoms with E-state index in [9.17, 15) is 9.59 Å². The van der Waals surface area contributed by atoms with Crippen LogP contribution < -0.4 is 0 Å². The molecule has 206 valence electrons. The van der Waals surface area contributed by atoms with Crippen molar-refractivity contribution in [2.45, 2.75) is 77.0 Å². The maximum Gasteiger partial charge on any atom is 0.303 e. The van der Waals surface area contributed by atoms with Crippen LogP contribution in [0.15, 0.2) is 0 Å². The molecule has 0 aliphatic carbocycles. The van der Waals surface area contributed by atoms with Crippen molar-refractivity contribution in [3.05, 3.63) is 0 Å². The summed E-state index contributed by atoms with van der Waals surface area (Å²) in [6.45, 7) is 5.76. The van der Waals surface area contributed by atoms with Crippen molar-refractivity contribution in [1.29, 1.82) is 0 Å². The van der Waals surface area contributed by atoms with E-state index in [0.717, 1.165) is 111 Å². The van der Waals surface area contributed by atoms with E-state index in [0.29, 0.717) is 0 Å². The molecule has 0 aromatic rings. The number of hydrogen-bond donors (Lipinski definition) is 2. The van der Waals surface area contributed by atoms with Crippen LogP contribution in [0.2, 0.25) is 0 Å². The van der Waals surface area contributed by atoms with E-state index in [4.69, 9.17) is 34.6 Å². The number of thioether (sulfide) groups is 2. The molecule has 0 atom stereocenters. The van der Waals surface area contributed by atoms with E-state index in [1.54, 1.807) is 23.5 Å². The quantitative estimate of drug-likeness (QED) is 0.161. The van der Waals surface area contributed by atoms with Crippen molar-refractivity contribution >= 4 is 68.5 Å². The van der Waals surface area contributed by atoms with Gasteiger partial charge in [0.15, 0.2) is 0 Å². The number of rotatable bonds is 19. The van der Waals surface area contributed by atoms with Crippen molar-refractivity contribution in [2.75, 3.05) is 51.3 Å². The lowest BCUT2D eigenvalue weighted by Gasteiger charge is -2.37. The topological polar surface area (TPSA) is 87.6 Å². The highest BCUT2D eigenvalue weighted by molar-refractivity contribution is 8.23. The molecule has 2 saturated heterocycles. The van der Waals surface area contributed by atoms with Gasteiger partial charge in [-0.1, -0.05) is 73.6 Å². The van der Waals surface area contributed by atoms with Gasteiger partial charge in [-0.3, -0.25) is 19.4 Å². The Balaban J connectivity index is 1.53. The second-order valence-electron chi connectivity index (χ2n) is 9.50. The third-order valence-electron chi connectivity index (χ3n) is 6.34. The number of hydrogen-bond acceptors (Lipinski definition) is 8. The first-order valence-electron chi connectivity index (χ1n) is 13.1. The molecule has 2 aliphatic heterocycles. The van der Waals surface area contributed by atoms with Crippen LogP contribution in [0, 0.1) is 0 Å². The molecule has 0 aromatic carbocycles. The summed E-state index contributed by atoms with van der Waals surface area (Å²) in [5.41, 5.74) is 0. The average molecular weight is 579 g/mol. The Morgan fingerprint density at radius 1 is 0.611 bits per heavy atom. The minimum Gasteiger partial charge on any atom is -0.481 e. The van der Waals surface area contributed by atoms with Crippen LogP contribution in [0.1, 0.15) is 77.0 Å². The fraction of sp³-hybridized carbons (Fsp3) is 0.833. The maximum absolute atomic E-state index is 10.6. The zero-order valence-corrected chi connectivity index (χ0v) is 24.5. The highest BCUT2D eigenvalue weighted by Crippen LogP contribution is 2.22. The normalized spacial score (nSPS) is 17.7. The smallest absolute Gasteiger partial charge is 0.303 e. The van der Waals surface area contributed by atoms with E-state index < -0.39 is 11.9 Å². The zero-order chi connectivity index (χ0) is 26.2. The van der Waals surface area contributed by atoms with Crippen LogP contribution in [-0.4, -0.2) is 102 Å². The summed E-state index contributed by atoms with van der Waals surface area (Å²) in [6, 6.07) is 0. The Kier molecular flexibility index (Phi) is 16.3. The molecular formula is C24H42N4O4S4. The molecule has 0 radical (unpaired) electrons. The van der Waals surface area contributed by atoms with Gasteiger partial charge in [0.2, 0.25) is 0 Å². The average Bonchev–Trinajstić information content (AvgIpc) is 2.83. The van der Waals surface area contributed by atoms with Gasteiger partial charge in [-0.25, -0.2) is 0 Å². The largest absolute Gasteiger partial charge is 0.481 e. The number of aliphatic carboxylic acids is 2. The SMILES string of the molecule is O=C(O)CCCCCN1CSC(=S)N(CCCCCCN2CN(CCCCCC(=O)O)CSC2=S)C1. The Labute approximate surface area is 235 Å². The molecule has 2 rings (SSSR count). The summed E-state index contributed by atoms with van der Waals surface area (Å²) in [5.74, 6) is 0.450. The molecule has 8 nitrogen and oxygen atoms in total. The standard InChI is InChI=1S/C24H42N4O4S4/c29-21(30)11-5-3-7-13-25-17-27(23(33)35-19-25)15-9-1-2-10-16-28-18-26(20-36-24(28)34)14-8-4-6-12-22(31)32/h1-20H2,(H,29,30)(H,31,32). The third-order valence-corrected chi connectivity index (χ3v) is 9.56. The predicted molar refractivity (Wildman–Crippen MR) is 157 cm³/mol. The van der Waals surface area contributed by atoms with E-state index in [1.165, 1.54) is 12.8 Å². The Hall–Kier alpha value is -0.660. The summed E-state index contributed by atoms with van der Waals surface area (Å²) in [6.07, 6.45) is 10.7. The number of carbonyl (C=O) groups is 2. The summed E-state index contributed by atoms with van der Waals surface area (Å²) < 4.78 is 1.99. The van der Waals surface area contributed by atoms with Gasteiger partial charge in [-0.05, 0) is 38.5 Å². The van der Waals surface area contributed by atoms with Gasteiger partial charge in [-0.2, -0.15) is 0 Å². The second-order valence-corrected chi connectivity index (χ2v) is 12.7. The lowest BCUT2D eigenvalue weighted by molar-refractivity contribution is -0.138. The maximum atomic E-state index is 10.6. The van der Waals surface area contributed by atoms with Crippen LogP contribution in [0.25, 0.3) is 0 Å². The molecule has 12 heteroatoms. The predicted octanol–water partition coefficient (Wildman–Crippen LogP) is 4.94. The molecule has 36 heavy (non-hydrogen) atoms. The van der Waals surface area contributed by atoms with Crippen molar-refractivity contribution < 1.29 is 19.8 Å². The van der Waals surface area contributed by atoms with Crippen molar-refractivity contribution in [3.63, 3.8) is 0 Å². The fourth-order valence-electron chi connectivity index (χ4n) is 4.29. The minimum atomic E-state index is -0.707. The molecule has 0 bridgehead atoms. The monoisotopic (exact) mass is 578 g/mol. The van der Waals surface area contributed by atoms with Gasteiger partial charge < -0.3 is 20.0 Å². The van der Waals surface area contributed by atoms with Crippen LogP contribution in [0.4, 0.5) is 0 Å². The van der Waals surface area contributed by atoms with Crippen LogP contribution >= 0.6 is 48.0 Å². The van der Waals surface area contributed by atoms with Crippen LogP contribution in [0.3, 0.4) is 0 Å². The van der Waals surface area contributed by atoms with Gasteiger partial charge in [0, 0.05) is 39.0 Å². The summed E-state index contributed by atoms with van der Waals surface area (Å²) >= 11 is 14.6. The minimum absolute atomic E-state index is 0.266. The molecule has 0 unspecified atom stereocenters. The van der Waals surface area contributed by atoms with E-state index >= 15 is 0 Å². The van der Waals surface area contributed by atoms with E-state index in [-0.39, 0.29) is 12.8 Å². The molecule has 0 saturated carbocycles. The van der Waals surface area contributed by atoms with Crippen molar-refractivity contribution in [1.82, 2.24) is 19.6 Å². The van der Waals surface area contributed by atoms with E-state index in [1.807, 2.05) is 0 Å². The first kappa shape index (κ1) is 31.6. The summed E-state index contributed by atoms with van der Waals surface area (Å²) in [5, 5.41) is 17.5. The van der Waals surface area contributed by atoms with E-state index in [2.05, 4.69) is 19.6 Å². The van der Waals surface area contributed by atoms with Crippen molar-refractivity contribution in [2.24, 2.45) is 0 Å². The first-order valence-corrected chi connectivity index (χ1v) is 15.9. The molecular weight excluding hydrogens is 537 g/mol. The third kappa shape index (κ3) is 13.8. The van der Waals surface area contributed by atoms with Gasteiger partial charge >= 0.3 is 11.9 Å². The molecule has 2 heterocycles. The Morgan fingerprint density at radius 2 is 0.972 bits per heavy atom. The molecule has 2 fully saturated rings. The molecule has 0 spiro atoms. The second kappa shape index (κ2) is 18.6. The lowest BCUT2D eigenvalue weighted by atomic mass is 10.2. The highest BCUT2D eigenvalue weighted by atomic mass is 32.2. The molecule has 0 amide bonds. The number of unbranched alkanes of at least 4 members (excludes halogenated alkanes) is 7. The fourth-order valence-corrected chi connectivity index (χ4v) is 6.57. The molecule has 2 N–H and O–H groups in total. The van der Waals surface area contributed by atoms with Crippen LogP contribution in [0.5, 0.6) is 0 Å². The van der Waals surface area contributed by atoms with Gasteiger partial charge in [0.05, 0.1) is 25.1 Å². The number of carboxylic acid groups (broad SMARTS) is 2. The molecule has 2 aliphatic rings. The molecule has 0 aromatic heterocycles. The lowest BCUT2D eigenvalue weighted by Crippen LogP contribution is -2.45. The number of nitrogens with zero attached hydrogens (tertiary/aromatic N) is 4. The van der Waals surface area contributed by atoms with Crippen LogP contribution in [-0.2, 0) is 9.59 Å². The van der Waals surface area contributed by atoms with Gasteiger partial charge in [-0.15, -0.1) is 0 Å². The first-order chi connectivity index (χ1) is 17.3. The highest BCUT2D eigenvalue weighted by Gasteiger charge is 2.22. The Bertz CT molecular complexity index is 658.